The van der Waals surface area contributed by atoms with E-state index in [-0.39, 0.29) is 0 Å². The molecule has 1 saturated heterocycles. The molecular formula is C19H30N4O2. The van der Waals surface area contributed by atoms with Crippen LogP contribution < -0.4 is 5.32 Å². The number of rotatable bonds is 5. The zero-order valence-corrected chi connectivity index (χ0v) is 15.1. The van der Waals surface area contributed by atoms with E-state index in [1.807, 2.05) is 0 Å². The zero-order chi connectivity index (χ0) is 16.9. The van der Waals surface area contributed by atoms with Gasteiger partial charge in [0.2, 0.25) is 0 Å². The average molecular weight is 346 g/mol. The second-order valence-corrected chi connectivity index (χ2v) is 7.33. The summed E-state index contributed by atoms with van der Waals surface area (Å²) >= 11 is 0. The number of hydrogen-bond donors (Lipinski definition) is 1. The Morgan fingerprint density at radius 3 is 2.56 bits per heavy atom. The van der Waals surface area contributed by atoms with Crippen LogP contribution in [0.1, 0.15) is 48.7 Å². The van der Waals surface area contributed by atoms with Crippen molar-refractivity contribution in [2.75, 3.05) is 57.9 Å². The van der Waals surface area contributed by atoms with E-state index < -0.39 is 0 Å². The Labute approximate surface area is 150 Å². The van der Waals surface area contributed by atoms with Crippen LogP contribution in [-0.2, 0) is 22.3 Å². The molecule has 0 radical (unpaired) electrons. The quantitative estimate of drug-likeness (QED) is 0.880. The lowest BCUT2D eigenvalue weighted by Crippen LogP contribution is -2.39. The topological polar surface area (TPSA) is 59.5 Å². The molecule has 4 rings (SSSR count). The van der Waals surface area contributed by atoms with E-state index in [1.54, 1.807) is 0 Å². The first kappa shape index (κ1) is 17.2. The Morgan fingerprint density at radius 2 is 1.72 bits per heavy atom. The van der Waals surface area contributed by atoms with E-state index in [1.165, 1.54) is 36.9 Å². The molecule has 0 unspecified atom stereocenters. The summed E-state index contributed by atoms with van der Waals surface area (Å²) < 4.78 is 11.1. The molecule has 25 heavy (non-hydrogen) atoms. The minimum Gasteiger partial charge on any atom is -0.381 e. The second-order valence-electron chi connectivity index (χ2n) is 7.33. The van der Waals surface area contributed by atoms with Crippen LogP contribution in [0.2, 0.25) is 0 Å². The van der Waals surface area contributed by atoms with Gasteiger partial charge in [0.25, 0.3) is 0 Å². The standard InChI is InChI=1S/C19H30N4O2/c1-2-4-15(3-1)18-21-17-6-12-24-11-5-16(17)19(22-18)20-7-8-23-9-13-25-14-10-23/h15H,1-14H2,(H,20,21,22). The van der Waals surface area contributed by atoms with Gasteiger partial charge < -0.3 is 14.8 Å². The van der Waals surface area contributed by atoms with Gasteiger partial charge in [-0.25, -0.2) is 9.97 Å². The number of fused-ring (bicyclic) bond motifs is 1. The van der Waals surface area contributed by atoms with E-state index in [9.17, 15) is 0 Å². The van der Waals surface area contributed by atoms with Gasteiger partial charge in [0.1, 0.15) is 11.6 Å². The Bertz CT molecular complexity index is 569. The maximum atomic E-state index is 5.68. The highest BCUT2D eigenvalue weighted by atomic mass is 16.5. The molecule has 1 N–H and O–H groups in total. The molecule has 0 aromatic carbocycles. The molecule has 0 bridgehead atoms. The summed E-state index contributed by atoms with van der Waals surface area (Å²) in [5.41, 5.74) is 2.49. The van der Waals surface area contributed by atoms with Gasteiger partial charge in [0.05, 0.1) is 32.1 Å². The smallest absolute Gasteiger partial charge is 0.134 e. The third-order valence-corrected chi connectivity index (χ3v) is 5.63. The van der Waals surface area contributed by atoms with Crippen molar-refractivity contribution in [3.05, 3.63) is 17.1 Å². The summed E-state index contributed by atoms with van der Waals surface area (Å²) in [5, 5.41) is 3.62. The Hall–Kier alpha value is -1.24. The molecule has 2 fully saturated rings. The summed E-state index contributed by atoms with van der Waals surface area (Å²) in [6, 6.07) is 0. The number of ether oxygens (including phenoxy) is 2. The van der Waals surface area contributed by atoms with Crippen molar-refractivity contribution >= 4 is 5.82 Å². The first-order valence-electron chi connectivity index (χ1n) is 9.91. The minimum absolute atomic E-state index is 0.550. The van der Waals surface area contributed by atoms with Crippen LogP contribution in [0, 0.1) is 0 Å². The third kappa shape index (κ3) is 4.30. The van der Waals surface area contributed by atoms with Crippen LogP contribution in [-0.4, -0.2) is 67.5 Å². The molecule has 1 aromatic heterocycles. The summed E-state index contributed by atoms with van der Waals surface area (Å²) in [6.07, 6.45) is 6.93. The highest BCUT2D eigenvalue weighted by molar-refractivity contribution is 5.48. The van der Waals surface area contributed by atoms with Crippen molar-refractivity contribution in [1.82, 2.24) is 14.9 Å². The summed E-state index contributed by atoms with van der Waals surface area (Å²) in [4.78, 5) is 12.4. The monoisotopic (exact) mass is 346 g/mol. The molecule has 6 nitrogen and oxygen atoms in total. The van der Waals surface area contributed by atoms with Crippen molar-refractivity contribution in [3.63, 3.8) is 0 Å². The Morgan fingerprint density at radius 1 is 0.960 bits per heavy atom. The normalized spacial score (nSPS) is 22.6. The van der Waals surface area contributed by atoms with Gasteiger partial charge in [-0.2, -0.15) is 0 Å². The molecule has 1 aliphatic carbocycles. The predicted molar refractivity (Wildman–Crippen MR) is 97.2 cm³/mol. The Balaban J connectivity index is 1.48. The van der Waals surface area contributed by atoms with Crippen LogP contribution in [0.3, 0.4) is 0 Å². The first-order valence-corrected chi connectivity index (χ1v) is 9.91. The minimum atomic E-state index is 0.550. The SMILES string of the molecule is C1CCC(c2nc3c(c(NCCN4CCOCC4)n2)CCOCC3)C1. The van der Waals surface area contributed by atoms with Crippen molar-refractivity contribution < 1.29 is 9.47 Å². The maximum Gasteiger partial charge on any atom is 0.134 e. The number of aromatic nitrogens is 2. The lowest BCUT2D eigenvalue weighted by atomic mass is 10.0. The molecule has 6 heteroatoms. The molecule has 1 aromatic rings. The number of hydrogen-bond acceptors (Lipinski definition) is 6. The largest absolute Gasteiger partial charge is 0.381 e. The molecule has 1 saturated carbocycles. The van der Waals surface area contributed by atoms with E-state index in [0.29, 0.717) is 5.92 Å². The third-order valence-electron chi connectivity index (χ3n) is 5.63. The van der Waals surface area contributed by atoms with Crippen LogP contribution in [0.15, 0.2) is 0 Å². The number of anilines is 1. The number of nitrogens with zero attached hydrogens (tertiary/aromatic N) is 3. The van der Waals surface area contributed by atoms with Crippen LogP contribution in [0.5, 0.6) is 0 Å². The number of morpholine rings is 1. The van der Waals surface area contributed by atoms with Crippen molar-refractivity contribution in [3.8, 4) is 0 Å². The molecule has 2 aliphatic heterocycles. The Kier molecular flexibility index (Phi) is 5.79. The fourth-order valence-electron chi connectivity index (χ4n) is 4.13. The van der Waals surface area contributed by atoms with E-state index in [4.69, 9.17) is 19.4 Å². The predicted octanol–water partition coefficient (Wildman–Crippen LogP) is 1.99. The average Bonchev–Trinajstić information content (AvgIpc) is 3.08. The van der Waals surface area contributed by atoms with Gasteiger partial charge in [-0.3, -0.25) is 4.90 Å². The molecule has 0 amide bonds. The van der Waals surface area contributed by atoms with E-state index in [2.05, 4.69) is 10.2 Å². The molecule has 0 spiro atoms. The summed E-state index contributed by atoms with van der Waals surface area (Å²) in [6.45, 7) is 7.29. The van der Waals surface area contributed by atoms with Crippen LogP contribution in [0.25, 0.3) is 0 Å². The molecule has 0 atom stereocenters. The maximum absolute atomic E-state index is 5.68. The highest BCUT2D eigenvalue weighted by Gasteiger charge is 2.24. The van der Waals surface area contributed by atoms with Gasteiger partial charge in [-0.15, -0.1) is 0 Å². The lowest BCUT2D eigenvalue weighted by molar-refractivity contribution is 0.0398. The first-order chi connectivity index (χ1) is 12.4. The van der Waals surface area contributed by atoms with Gasteiger partial charge in [0.15, 0.2) is 0 Å². The fraction of sp³-hybridized carbons (Fsp3) is 0.789. The molecule has 3 heterocycles. The zero-order valence-electron chi connectivity index (χ0n) is 15.1. The van der Waals surface area contributed by atoms with Crippen molar-refractivity contribution in [1.29, 1.82) is 0 Å². The van der Waals surface area contributed by atoms with Gasteiger partial charge in [-0.05, 0) is 12.8 Å². The summed E-state index contributed by atoms with van der Waals surface area (Å²) in [5.74, 6) is 2.67. The lowest BCUT2D eigenvalue weighted by Gasteiger charge is -2.27. The van der Waals surface area contributed by atoms with E-state index >= 15 is 0 Å². The molecular weight excluding hydrogens is 316 g/mol. The second kappa shape index (κ2) is 8.43. The highest BCUT2D eigenvalue weighted by Crippen LogP contribution is 2.34. The summed E-state index contributed by atoms with van der Waals surface area (Å²) in [7, 11) is 0. The number of nitrogens with one attached hydrogen (secondary N) is 1. The van der Waals surface area contributed by atoms with Crippen LogP contribution in [0.4, 0.5) is 5.82 Å². The van der Waals surface area contributed by atoms with Crippen LogP contribution >= 0.6 is 0 Å². The van der Waals surface area contributed by atoms with Gasteiger partial charge in [0, 0.05) is 50.5 Å². The fourth-order valence-corrected chi connectivity index (χ4v) is 4.13. The molecule has 138 valence electrons. The molecule has 3 aliphatic rings. The van der Waals surface area contributed by atoms with Gasteiger partial charge >= 0.3 is 0 Å². The van der Waals surface area contributed by atoms with Crippen molar-refractivity contribution in [2.24, 2.45) is 0 Å². The van der Waals surface area contributed by atoms with Crippen molar-refractivity contribution in [2.45, 2.75) is 44.4 Å². The van der Waals surface area contributed by atoms with E-state index in [0.717, 1.165) is 77.1 Å². The van der Waals surface area contributed by atoms with Gasteiger partial charge in [-0.1, -0.05) is 12.8 Å².